The molecule has 0 amide bonds. The first-order valence-corrected chi connectivity index (χ1v) is 5.31. The van der Waals surface area contributed by atoms with Crippen molar-refractivity contribution in [2.45, 2.75) is 0 Å². The fourth-order valence-electron chi connectivity index (χ4n) is 1.45. The molecular weight excluding hydrogens is 241 g/mol. The molecule has 2 aromatic rings. The lowest BCUT2D eigenvalue weighted by molar-refractivity contribution is 0.103. The topological polar surface area (TPSA) is 43.1 Å². The molecule has 0 aliphatic heterocycles. The minimum Gasteiger partial charge on any atom is -0.398 e. The second kappa shape index (κ2) is 4.55. The molecule has 0 fully saturated rings. The van der Waals surface area contributed by atoms with Gasteiger partial charge < -0.3 is 5.73 Å². The molecule has 2 aromatic carbocycles. The molecule has 2 nitrogen and oxygen atoms in total. The van der Waals surface area contributed by atoms with E-state index in [0.29, 0.717) is 21.8 Å². The van der Waals surface area contributed by atoms with Crippen LogP contribution in [-0.2, 0) is 0 Å². The van der Waals surface area contributed by atoms with Gasteiger partial charge in [-0.05, 0) is 42.5 Å². The van der Waals surface area contributed by atoms with Crippen LogP contribution in [0.2, 0.25) is 5.02 Å². The zero-order chi connectivity index (χ0) is 12.4. The number of carbonyl (C=O) groups excluding carboxylic acids is 1. The van der Waals surface area contributed by atoms with E-state index in [-0.39, 0.29) is 11.6 Å². The van der Waals surface area contributed by atoms with Gasteiger partial charge in [0.2, 0.25) is 0 Å². The SMILES string of the molecule is Nc1cc(C(=O)c2ccc(F)cc2)ccc1Cl. The highest BCUT2D eigenvalue weighted by Crippen LogP contribution is 2.21. The van der Waals surface area contributed by atoms with Crippen molar-refractivity contribution in [2.24, 2.45) is 0 Å². The van der Waals surface area contributed by atoms with Gasteiger partial charge >= 0.3 is 0 Å². The molecule has 0 atom stereocenters. The van der Waals surface area contributed by atoms with Gasteiger partial charge in [-0.1, -0.05) is 11.6 Å². The summed E-state index contributed by atoms with van der Waals surface area (Å²) in [6, 6.07) is 10.0. The lowest BCUT2D eigenvalue weighted by Gasteiger charge is -2.03. The highest BCUT2D eigenvalue weighted by atomic mass is 35.5. The summed E-state index contributed by atoms with van der Waals surface area (Å²) < 4.78 is 12.7. The van der Waals surface area contributed by atoms with Gasteiger partial charge in [0.15, 0.2) is 5.78 Å². The van der Waals surface area contributed by atoms with Crippen LogP contribution in [0.4, 0.5) is 10.1 Å². The molecular formula is C13H9ClFNO. The molecule has 0 bridgehead atoms. The maximum atomic E-state index is 12.7. The van der Waals surface area contributed by atoms with E-state index in [1.807, 2.05) is 0 Å². The standard InChI is InChI=1S/C13H9ClFNO/c14-11-6-3-9(7-12(11)16)13(17)8-1-4-10(15)5-2-8/h1-7H,16H2. The Labute approximate surface area is 103 Å². The Hall–Kier alpha value is -1.87. The largest absolute Gasteiger partial charge is 0.398 e. The van der Waals surface area contributed by atoms with Crippen LogP contribution in [0, 0.1) is 5.82 Å². The quantitative estimate of drug-likeness (QED) is 0.656. The van der Waals surface area contributed by atoms with Gasteiger partial charge in [0, 0.05) is 11.1 Å². The summed E-state index contributed by atoms with van der Waals surface area (Å²) in [6.07, 6.45) is 0. The molecule has 0 spiro atoms. The number of halogens is 2. The Balaban J connectivity index is 2.37. The molecule has 0 saturated heterocycles. The van der Waals surface area contributed by atoms with E-state index in [1.54, 1.807) is 12.1 Å². The fraction of sp³-hybridized carbons (Fsp3) is 0. The molecule has 0 unspecified atom stereocenters. The monoisotopic (exact) mass is 249 g/mol. The first kappa shape index (κ1) is 11.6. The van der Waals surface area contributed by atoms with Crippen molar-refractivity contribution < 1.29 is 9.18 Å². The number of anilines is 1. The van der Waals surface area contributed by atoms with E-state index < -0.39 is 0 Å². The van der Waals surface area contributed by atoms with E-state index in [0.717, 1.165) is 0 Å². The van der Waals surface area contributed by atoms with Crippen molar-refractivity contribution in [3.63, 3.8) is 0 Å². The summed E-state index contributed by atoms with van der Waals surface area (Å²) >= 11 is 5.77. The number of hydrogen-bond donors (Lipinski definition) is 1. The molecule has 0 heterocycles. The third-order valence-electron chi connectivity index (χ3n) is 2.36. The van der Waals surface area contributed by atoms with Gasteiger partial charge in [-0.2, -0.15) is 0 Å². The molecule has 0 radical (unpaired) electrons. The van der Waals surface area contributed by atoms with Crippen molar-refractivity contribution in [1.82, 2.24) is 0 Å². The van der Waals surface area contributed by atoms with Crippen molar-refractivity contribution in [2.75, 3.05) is 5.73 Å². The Morgan fingerprint density at radius 2 is 1.65 bits per heavy atom. The van der Waals surface area contributed by atoms with Crippen molar-refractivity contribution in [1.29, 1.82) is 0 Å². The van der Waals surface area contributed by atoms with Crippen LogP contribution in [-0.4, -0.2) is 5.78 Å². The predicted molar refractivity (Wildman–Crippen MR) is 65.7 cm³/mol. The van der Waals surface area contributed by atoms with E-state index in [4.69, 9.17) is 17.3 Å². The lowest BCUT2D eigenvalue weighted by Crippen LogP contribution is -2.02. The zero-order valence-electron chi connectivity index (χ0n) is 8.78. The summed E-state index contributed by atoms with van der Waals surface area (Å²) in [5, 5.41) is 0.403. The van der Waals surface area contributed by atoms with Gasteiger partial charge in [-0.15, -0.1) is 0 Å². The second-order valence-electron chi connectivity index (χ2n) is 3.57. The van der Waals surface area contributed by atoms with Crippen molar-refractivity contribution >= 4 is 23.1 Å². The minimum atomic E-state index is -0.378. The highest BCUT2D eigenvalue weighted by Gasteiger charge is 2.10. The first-order chi connectivity index (χ1) is 8.08. The van der Waals surface area contributed by atoms with Gasteiger partial charge in [-0.3, -0.25) is 4.79 Å². The van der Waals surface area contributed by atoms with Gasteiger partial charge in [-0.25, -0.2) is 4.39 Å². The van der Waals surface area contributed by atoms with Crippen LogP contribution in [0.3, 0.4) is 0 Å². The summed E-state index contributed by atoms with van der Waals surface area (Å²) in [6.45, 7) is 0. The molecule has 2 rings (SSSR count). The molecule has 0 aliphatic carbocycles. The zero-order valence-corrected chi connectivity index (χ0v) is 9.54. The number of benzene rings is 2. The van der Waals surface area contributed by atoms with Crippen molar-refractivity contribution in [3.8, 4) is 0 Å². The Morgan fingerprint density at radius 3 is 2.24 bits per heavy atom. The maximum Gasteiger partial charge on any atom is 0.193 e. The first-order valence-electron chi connectivity index (χ1n) is 4.93. The molecule has 0 saturated carbocycles. The van der Waals surface area contributed by atoms with Crippen LogP contribution in [0.5, 0.6) is 0 Å². The van der Waals surface area contributed by atoms with E-state index in [9.17, 15) is 9.18 Å². The number of nitrogen functional groups attached to an aromatic ring is 1. The molecule has 86 valence electrons. The van der Waals surface area contributed by atoms with E-state index >= 15 is 0 Å². The second-order valence-corrected chi connectivity index (χ2v) is 3.98. The van der Waals surface area contributed by atoms with E-state index in [2.05, 4.69) is 0 Å². The van der Waals surface area contributed by atoms with Crippen molar-refractivity contribution in [3.05, 3.63) is 64.4 Å². The van der Waals surface area contributed by atoms with Gasteiger partial charge in [0.1, 0.15) is 5.82 Å². The molecule has 17 heavy (non-hydrogen) atoms. The molecule has 0 aromatic heterocycles. The number of nitrogens with two attached hydrogens (primary N) is 1. The van der Waals surface area contributed by atoms with Gasteiger partial charge in [0.05, 0.1) is 10.7 Å². The number of rotatable bonds is 2. The van der Waals surface area contributed by atoms with Crippen LogP contribution in [0.15, 0.2) is 42.5 Å². The van der Waals surface area contributed by atoms with E-state index in [1.165, 1.54) is 30.3 Å². The Kier molecular flexibility index (Phi) is 3.11. The molecule has 2 N–H and O–H groups in total. The van der Waals surface area contributed by atoms with Crippen LogP contribution in [0.1, 0.15) is 15.9 Å². The highest BCUT2D eigenvalue weighted by molar-refractivity contribution is 6.33. The number of ketones is 1. The fourth-order valence-corrected chi connectivity index (χ4v) is 1.57. The number of carbonyl (C=O) groups is 1. The molecule has 0 aliphatic rings. The summed E-state index contributed by atoms with van der Waals surface area (Å²) in [7, 11) is 0. The van der Waals surface area contributed by atoms with Crippen LogP contribution < -0.4 is 5.73 Å². The summed E-state index contributed by atoms with van der Waals surface area (Å²) in [4.78, 5) is 12.0. The average molecular weight is 250 g/mol. The lowest BCUT2D eigenvalue weighted by atomic mass is 10.0. The Bertz CT molecular complexity index is 566. The van der Waals surface area contributed by atoms with Gasteiger partial charge in [0.25, 0.3) is 0 Å². The summed E-state index contributed by atoms with van der Waals surface area (Å²) in [5.41, 5.74) is 6.80. The Morgan fingerprint density at radius 1 is 1.06 bits per heavy atom. The minimum absolute atomic E-state index is 0.214. The third kappa shape index (κ3) is 2.45. The van der Waals surface area contributed by atoms with Crippen LogP contribution in [0.25, 0.3) is 0 Å². The average Bonchev–Trinajstić information content (AvgIpc) is 2.33. The maximum absolute atomic E-state index is 12.7. The number of hydrogen-bond acceptors (Lipinski definition) is 2. The third-order valence-corrected chi connectivity index (χ3v) is 2.71. The summed E-state index contributed by atoms with van der Waals surface area (Å²) in [5.74, 6) is -0.592. The molecule has 4 heteroatoms. The van der Waals surface area contributed by atoms with Crippen LogP contribution >= 0.6 is 11.6 Å². The smallest absolute Gasteiger partial charge is 0.193 e. The predicted octanol–water partition coefficient (Wildman–Crippen LogP) is 3.29. The normalized spacial score (nSPS) is 10.2.